The zero-order valence-corrected chi connectivity index (χ0v) is 14.8. The van der Waals surface area contributed by atoms with E-state index in [4.69, 9.17) is 0 Å². The molecule has 3 rings (SSSR count). The summed E-state index contributed by atoms with van der Waals surface area (Å²) in [5, 5.41) is 12.6. The van der Waals surface area contributed by atoms with E-state index in [1.54, 1.807) is 4.57 Å². The minimum atomic E-state index is -0.364. The van der Waals surface area contributed by atoms with Crippen LogP contribution < -0.4 is 11.0 Å². The summed E-state index contributed by atoms with van der Waals surface area (Å²) in [4.78, 5) is 25.6. The number of nitrogens with one attached hydrogen (secondary N) is 1. The topological polar surface area (TPSA) is 76.3 Å². The molecule has 1 aromatic carbocycles. The van der Waals surface area contributed by atoms with Gasteiger partial charge in [-0.05, 0) is 44.2 Å². The molecule has 2 aromatic rings. The van der Waals surface area contributed by atoms with Crippen LogP contribution in [0.1, 0.15) is 51.9 Å². The van der Waals surface area contributed by atoms with Crippen LogP contribution in [0, 0.1) is 0 Å². The fourth-order valence-electron chi connectivity index (χ4n) is 3.60. The van der Waals surface area contributed by atoms with Crippen molar-refractivity contribution in [3.8, 4) is 0 Å². The fourth-order valence-corrected chi connectivity index (χ4v) is 3.60. The van der Waals surface area contributed by atoms with Gasteiger partial charge >= 0.3 is 11.7 Å². The molecular weight excluding hydrogens is 318 g/mol. The molecular formula is C19H27N3O3. The first-order valence-electron chi connectivity index (χ1n) is 9.31. The minimum Gasteiger partial charge on any atom is -0.393 e. The summed E-state index contributed by atoms with van der Waals surface area (Å²) in [5.41, 5.74) is 1.18. The number of aliphatic hydroxyl groups is 1. The molecule has 0 unspecified atom stereocenters. The van der Waals surface area contributed by atoms with Crippen LogP contribution in [0.3, 0.4) is 0 Å². The Labute approximate surface area is 147 Å². The summed E-state index contributed by atoms with van der Waals surface area (Å²) in [6, 6.07) is 7.10. The molecule has 1 saturated carbocycles. The van der Waals surface area contributed by atoms with Crippen LogP contribution in [0.25, 0.3) is 11.0 Å². The third-order valence-corrected chi connectivity index (χ3v) is 5.05. The lowest BCUT2D eigenvalue weighted by Crippen LogP contribution is -2.44. The molecule has 1 aromatic heterocycles. The number of amides is 1. The van der Waals surface area contributed by atoms with Crippen LogP contribution in [0.5, 0.6) is 0 Å². The molecule has 0 saturated heterocycles. The lowest BCUT2D eigenvalue weighted by molar-refractivity contribution is 0.118. The summed E-state index contributed by atoms with van der Waals surface area (Å²) in [6.45, 7) is 2.75. The number of rotatable bonds is 5. The monoisotopic (exact) mass is 345 g/mol. The molecule has 6 heteroatoms. The Kier molecular flexibility index (Phi) is 5.58. The first kappa shape index (κ1) is 17.7. The molecule has 6 nitrogen and oxygen atoms in total. The number of unbranched alkanes of at least 4 members (excludes halogenated alkanes) is 2. The van der Waals surface area contributed by atoms with Gasteiger partial charge < -0.3 is 10.4 Å². The molecule has 136 valence electrons. The molecule has 1 aliphatic carbocycles. The van der Waals surface area contributed by atoms with E-state index in [2.05, 4.69) is 12.2 Å². The van der Waals surface area contributed by atoms with Gasteiger partial charge in [0.2, 0.25) is 0 Å². The van der Waals surface area contributed by atoms with Crippen molar-refractivity contribution in [1.82, 2.24) is 14.5 Å². The number of carbonyl (C=O) groups is 1. The number of benzene rings is 1. The highest BCUT2D eigenvalue weighted by molar-refractivity contribution is 5.89. The number of nitrogens with zero attached hydrogens (tertiary/aromatic N) is 2. The van der Waals surface area contributed by atoms with Gasteiger partial charge in [0.25, 0.3) is 0 Å². The second-order valence-electron chi connectivity index (χ2n) is 6.92. The van der Waals surface area contributed by atoms with Crippen LogP contribution in [0.4, 0.5) is 4.79 Å². The zero-order valence-electron chi connectivity index (χ0n) is 14.8. The smallest absolute Gasteiger partial charge is 0.337 e. The van der Waals surface area contributed by atoms with E-state index in [9.17, 15) is 14.7 Å². The number of carbonyl (C=O) groups excluding carboxylic acids is 1. The molecule has 1 amide bonds. The molecule has 1 heterocycles. The lowest BCUT2D eigenvalue weighted by atomic mass is 9.93. The van der Waals surface area contributed by atoms with Crippen LogP contribution in [0.2, 0.25) is 0 Å². The predicted molar refractivity (Wildman–Crippen MR) is 97.9 cm³/mol. The first-order chi connectivity index (χ1) is 12.1. The summed E-state index contributed by atoms with van der Waals surface area (Å²) in [7, 11) is 0. The highest BCUT2D eigenvalue weighted by Crippen LogP contribution is 2.19. The average Bonchev–Trinajstić information content (AvgIpc) is 2.89. The van der Waals surface area contributed by atoms with E-state index in [1.165, 1.54) is 4.57 Å². The van der Waals surface area contributed by atoms with Gasteiger partial charge in [0, 0.05) is 12.6 Å². The van der Waals surface area contributed by atoms with Crippen molar-refractivity contribution in [3.05, 3.63) is 34.7 Å². The number of aromatic nitrogens is 2. The van der Waals surface area contributed by atoms with Crippen molar-refractivity contribution in [2.24, 2.45) is 0 Å². The van der Waals surface area contributed by atoms with Crippen LogP contribution in [0.15, 0.2) is 29.1 Å². The highest BCUT2D eigenvalue weighted by Gasteiger charge is 2.24. The fraction of sp³-hybridized carbons (Fsp3) is 0.579. The van der Waals surface area contributed by atoms with E-state index in [1.807, 2.05) is 24.3 Å². The van der Waals surface area contributed by atoms with Gasteiger partial charge in [-0.1, -0.05) is 31.9 Å². The van der Waals surface area contributed by atoms with E-state index in [-0.39, 0.29) is 23.9 Å². The molecule has 0 spiro atoms. The summed E-state index contributed by atoms with van der Waals surface area (Å²) < 4.78 is 2.96. The number of para-hydroxylation sites is 2. The predicted octanol–water partition coefficient (Wildman–Crippen LogP) is 2.85. The van der Waals surface area contributed by atoms with Gasteiger partial charge in [-0.3, -0.25) is 4.57 Å². The molecule has 25 heavy (non-hydrogen) atoms. The Morgan fingerprint density at radius 1 is 1.16 bits per heavy atom. The summed E-state index contributed by atoms with van der Waals surface area (Å²) in [5.74, 6) is 0. The number of aliphatic hydroxyl groups excluding tert-OH is 1. The lowest BCUT2D eigenvalue weighted by Gasteiger charge is -2.26. The SMILES string of the molecule is CCCCCn1c(=O)n(C(=O)N[C@H]2CC[C@H](O)CC2)c2ccccc21. The standard InChI is InChI=1S/C19H27N3O3/c1-2-3-6-13-21-16-7-4-5-8-17(16)22(19(21)25)18(24)20-14-9-11-15(23)12-10-14/h4-5,7-8,14-15,23H,2-3,6,9-13H2,1H3,(H,20,24)/t14-,15-. The minimum absolute atomic E-state index is 0.0185. The number of hydrogen-bond donors (Lipinski definition) is 2. The third-order valence-electron chi connectivity index (χ3n) is 5.05. The molecule has 2 N–H and O–H groups in total. The van der Waals surface area contributed by atoms with Gasteiger partial charge in [0.15, 0.2) is 0 Å². The van der Waals surface area contributed by atoms with E-state index >= 15 is 0 Å². The van der Waals surface area contributed by atoms with Crippen molar-refractivity contribution in [2.45, 2.75) is 70.6 Å². The normalized spacial score (nSPS) is 20.7. The maximum atomic E-state index is 12.8. The third kappa shape index (κ3) is 3.79. The molecule has 1 fully saturated rings. The van der Waals surface area contributed by atoms with Gasteiger partial charge in [0.05, 0.1) is 17.1 Å². The van der Waals surface area contributed by atoms with Gasteiger partial charge in [0.1, 0.15) is 0 Å². The van der Waals surface area contributed by atoms with Crippen molar-refractivity contribution >= 4 is 17.1 Å². The number of hydrogen-bond acceptors (Lipinski definition) is 3. The quantitative estimate of drug-likeness (QED) is 0.818. The van der Waals surface area contributed by atoms with Crippen LogP contribution in [-0.4, -0.2) is 32.4 Å². The Balaban J connectivity index is 1.86. The molecule has 0 radical (unpaired) electrons. The molecule has 0 aliphatic heterocycles. The van der Waals surface area contributed by atoms with Crippen molar-refractivity contribution in [3.63, 3.8) is 0 Å². The van der Waals surface area contributed by atoms with Gasteiger partial charge in [-0.25, -0.2) is 14.2 Å². The molecule has 0 bridgehead atoms. The number of fused-ring (bicyclic) bond motifs is 1. The van der Waals surface area contributed by atoms with Crippen molar-refractivity contribution < 1.29 is 9.90 Å². The van der Waals surface area contributed by atoms with Crippen molar-refractivity contribution in [1.29, 1.82) is 0 Å². The second kappa shape index (κ2) is 7.87. The second-order valence-corrected chi connectivity index (χ2v) is 6.92. The van der Waals surface area contributed by atoms with E-state index < -0.39 is 0 Å². The molecule has 0 atom stereocenters. The average molecular weight is 345 g/mol. The number of aryl methyl sites for hydroxylation is 1. The first-order valence-corrected chi connectivity index (χ1v) is 9.31. The van der Waals surface area contributed by atoms with Gasteiger partial charge in [-0.2, -0.15) is 0 Å². The van der Waals surface area contributed by atoms with Crippen LogP contribution >= 0.6 is 0 Å². The van der Waals surface area contributed by atoms with E-state index in [0.29, 0.717) is 24.9 Å². The Morgan fingerprint density at radius 3 is 2.52 bits per heavy atom. The van der Waals surface area contributed by atoms with Crippen LogP contribution in [-0.2, 0) is 6.54 Å². The van der Waals surface area contributed by atoms with E-state index in [0.717, 1.165) is 37.6 Å². The summed E-state index contributed by atoms with van der Waals surface area (Å²) >= 11 is 0. The maximum Gasteiger partial charge on any atom is 0.337 e. The Hall–Kier alpha value is -2.08. The van der Waals surface area contributed by atoms with Crippen molar-refractivity contribution in [2.75, 3.05) is 0 Å². The molecule has 1 aliphatic rings. The highest BCUT2D eigenvalue weighted by atomic mass is 16.3. The maximum absolute atomic E-state index is 12.8. The largest absolute Gasteiger partial charge is 0.393 e. The number of imidazole rings is 1. The zero-order chi connectivity index (χ0) is 17.8. The Bertz CT molecular complexity index is 785. The van der Waals surface area contributed by atoms with Gasteiger partial charge in [-0.15, -0.1) is 0 Å². The Morgan fingerprint density at radius 2 is 1.84 bits per heavy atom. The summed E-state index contributed by atoms with van der Waals surface area (Å²) in [6.07, 6.45) is 5.68.